The standard InChI is InChI=1S/C17H18ClFN2O/c18-15-4-3-14(10-16(15)19)21-8-5-12(6-9-21)17(22)13-2-1-7-20-11-13/h1-4,7,10-12,17,22H,5-6,8-9H2. The zero-order valence-corrected chi connectivity index (χ0v) is 12.9. The third-order valence-electron chi connectivity index (χ3n) is 4.28. The minimum Gasteiger partial charge on any atom is -0.388 e. The molecule has 5 heteroatoms. The van der Waals surface area contributed by atoms with Gasteiger partial charge in [0, 0.05) is 31.2 Å². The number of piperidine rings is 1. The van der Waals surface area contributed by atoms with Gasteiger partial charge in [-0.1, -0.05) is 17.7 Å². The van der Waals surface area contributed by atoms with Gasteiger partial charge in [0.05, 0.1) is 11.1 Å². The van der Waals surface area contributed by atoms with E-state index in [2.05, 4.69) is 9.88 Å². The lowest BCUT2D eigenvalue weighted by molar-refractivity contribution is 0.0926. The van der Waals surface area contributed by atoms with Crippen molar-refractivity contribution >= 4 is 17.3 Å². The third kappa shape index (κ3) is 3.23. The van der Waals surface area contributed by atoms with Crippen LogP contribution in [0.25, 0.3) is 0 Å². The molecule has 1 fully saturated rings. The molecule has 1 unspecified atom stereocenters. The Balaban J connectivity index is 1.64. The monoisotopic (exact) mass is 320 g/mol. The Morgan fingerprint density at radius 1 is 1.27 bits per heavy atom. The van der Waals surface area contributed by atoms with Crippen LogP contribution in [0.4, 0.5) is 10.1 Å². The fourth-order valence-corrected chi connectivity index (χ4v) is 3.10. The van der Waals surface area contributed by atoms with Gasteiger partial charge in [0.25, 0.3) is 0 Å². The maximum absolute atomic E-state index is 13.6. The molecule has 1 aliphatic heterocycles. The molecule has 1 saturated heterocycles. The van der Waals surface area contributed by atoms with E-state index in [1.54, 1.807) is 18.5 Å². The second-order valence-corrected chi connectivity index (χ2v) is 6.06. The number of aliphatic hydroxyl groups is 1. The van der Waals surface area contributed by atoms with Crippen molar-refractivity contribution < 1.29 is 9.50 Å². The van der Waals surface area contributed by atoms with Crippen LogP contribution in [0.5, 0.6) is 0 Å². The molecule has 3 nitrogen and oxygen atoms in total. The molecule has 2 aromatic rings. The summed E-state index contributed by atoms with van der Waals surface area (Å²) in [5, 5.41) is 10.6. The number of aromatic nitrogens is 1. The molecule has 0 spiro atoms. The van der Waals surface area contributed by atoms with Gasteiger partial charge in [-0.2, -0.15) is 0 Å². The van der Waals surface area contributed by atoms with Crippen molar-refractivity contribution in [1.82, 2.24) is 4.98 Å². The van der Waals surface area contributed by atoms with E-state index in [0.29, 0.717) is 0 Å². The Morgan fingerprint density at radius 3 is 2.68 bits per heavy atom. The number of halogens is 2. The number of aliphatic hydroxyl groups excluding tert-OH is 1. The second-order valence-electron chi connectivity index (χ2n) is 5.65. The Labute approximate surface area is 134 Å². The fraction of sp³-hybridized carbons (Fsp3) is 0.353. The summed E-state index contributed by atoms with van der Waals surface area (Å²) in [5.41, 5.74) is 1.70. The van der Waals surface area contributed by atoms with Gasteiger partial charge in [-0.15, -0.1) is 0 Å². The summed E-state index contributed by atoms with van der Waals surface area (Å²) in [6.45, 7) is 1.59. The van der Waals surface area contributed by atoms with Crippen LogP contribution in [-0.4, -0.2) is 23.2 Å². The van der Waals surface area contributed by atoms with Crippen molar-refractivity contribution in [2.24, 2.45) is 5.92 Å². The summed E-state index contributed by atoms with van der Waals surface area (Å²) in [5.74, 6) is -0.186. The van der Waals surface area contributed by atoms with Gasteiger partial charge < -0.3 is 10.0 Å². The molecule has 0 bridgehead atoms. The summed E-state index contributed by atoms with van der Waals surface area (Å²) in [6.07, 6.45) is 4.65. The lowest BCUT2D eigenvalue weighted by Crippen LogP contribution is -2.35. The van der Waals surface area contributed by atoms with Crippen LogP contribution < -0.4 is 4.90 Å². The number of rotatable bonds is 3. The van der Waals surface area contributed by atoms with Crippen molar-refractivity contribution in [2.75, 3.05) is 18.0 Å². The van der Waals surface area contributed by atoms with E-state index in [1.807, 2.05) is 18.2 Å². The SMILES string of the molecule is OC(c1cccnc1)C1CCN(c2ccc(Cl)c(F)c2)CC1. The van der Waals surface area contributed by atoms with Crippen molar-refractivity contribution in [2.45, 2.75) is 18.9 Å². The Bertz CT molecular complexity index is 630. The molecule has 1 aliphatic rings. The van der Waals surface area contributed by atoms with Crippen LogP contribution in [0.2, 0.25) is 5.02 Å². The van der Waals surface area contributed by atoms with Crippen molar-refractivity contribution in [3.63, 3.8) is 0 Å². The molecule has 116 valence electrons. The lowest BCUT2D eigenvalue weighted by atomic mass is 9.88. The second kappa shape index (κ2) is 6.63. The predicted molar refractivity (Wildman–Crippen MR) is 85.5 cm³/mol. The Morgan fingerprint density at radius 2 is 2.05 bits per heavy atom. The number of hydrogen-bond donors (Lipinski definition) is 1. The van der Waals surface area contributed by atoms with Crippen LogP contribution in [0.1, 0.15) is 24.5 Å². The highest BCUT2D eigenvalue weighted by Crippen LogP contribution is 2.32. The minimum absolute atomic E-state index is 0.144. The molecule has 0 radical (unpaired) electrons. The largest absolute Gasteiger partial charge is 0.388 e. The van der Waals surface area contributed by atoms with Gasteiger partial charge in [0.15, 0.2) is 0 Å². The van der Waals surface area contributed by atoms with E-state index in [0.717, 1.165) is 37.2 Å². The molecule has 1 atom stereocenters. The van der Waals surface area contributed by atoms with Crippen LogP contribution in [0.3, 0.4) is 0 Å². The quantitative estimate of drug-likeness (QED) is 0.934. The number of nitrogens with zero attached hydrogens (tertiary/aromatic N) is 2. The zero-order chi connectivity index (χ0) is 15.5. The molecule has 0 aliphatic carbocycles. The molecule has 2 heterocycles. The van der Waals surface area contributed by atoms with E-state index in [-0.39, 0.29) is 10.9 Å². The summed E-state index contributed by atoms with van der Waals surface area (Å²) < 4.78 is 13.6. The van der Waals surface area contributed by atoms with Crippen LogP contribution >= 0.6 is 11.6 Å². The maximum Gasteiger partial charge on any atom is 0.143 e. The highest BCUT2D eigenvalue weighted by atomic mass is 35.5. The molecule has 0 amide bonds. The first-order valence-electron chi connectivity index (χ1n) is 7.43. The fourth-order valence-electron chi connectivity index (χ4n) is 2.98. The highest BCUT2D eigenvalue weighted by Gasteiger charge is 2.26. The summed E-state index contributed by atoms with van der Waals surface area (Å²) in [6, 6.07) is 8.63. The number of hydrogen-bond acceptors (Lipinski definition) is 3. The summed E-state index contributed by atoms with van der Waals surface area (Å²) in [4.78, 5) is 6.19. The summed E-state index contributed by atoms with van der Waals surface area (Å²) in [7, 11) is 0. The number of benzene rings is 1. The van der Waals surface area contributed by atoms with Crippen LogP contribution in [0, 0.1) is 11.7 Å². The molecular weight excluding hydrogens is 303 g/mol. The van der Waals surface area contributed by atoms with Gasteiger partial charge in [-0.3, -0.25) is 4.98 Å². The molecule has 22 heavy (non-hydrogen) atoms. The first-order valence-corrected chi connectivity index (χ1v) is 7.81. The van der Waals surface area contributed by atoms with Crippen molar-refractivity contribution in [1.29, 1.82) is 0 Å². The number of anilines is 1. The first kappa shape index (κ1) is 15.3. The van der Waals surface area contributed by atoms with Gasteiger partial charge >= 0.3 is 0 Å². The third-order valence-corrected chi connectivity index (χ3v) is 4.59. The van der Waals surface area contributed by atoms with Gasteiger partial charge in [0.2, 0.25) is 0 Å². The van der Waals surface area contributed by atoms with Gasteiger partial charge in [-0.25, -0.2) is 4.39 Å². The topological polar surface area (TPSA) is 36.4 Å². The highest BCUT2D eigenvalue weighted by molar-refractivity contribution is 6.30. The maximum atomic E-state index is 13.6. The molecule has 0 saturated carbocycles. The molecule has 1 aromatic carbocycles. The molecule has 3 rings (SSSR count). The first-order chi connectivity index (χ1) is 10.6. The van der Waals surface area contributed by atoms with E-state index in [9.17, 15) is 9.50 Å². The zero-order valence-electron chi connectivity index (χ0n) is 12.1. The smallest absolute Gasteiger partial charge is 0.143 e. The lowest BCUT2D eigenvalue weighted by Gasteiger charge is -2.35. The van der Waals surface area contributed by atoms with Crippen molar-refractivity contribution in [3.05, 3.63) is 59.1 Å². The molecule has 1 N–H and O–H groups in total. The van der Waals surface area contributed by atoms with E-state index >= 15 is 0 Å². The van der Waals surface area contributed by atoms with E-state index in [4.69, 9.17) is 11.6 Å². The summed E-state index contributed by atoms with van der Waals surface area (Å²) >= 11 is 5.72. The normalized spacial score (nSPS) is 17.5. The van der Waals surface area contributed by atoms with E-state index < -0.39 is 11.9 Å². The average molecular weight is 321 g/mol. The predicted octanol–water partition coefficient (Wildman–Crippen LogP) is 3.82. The molecular formula is C17H18ClFN2O. The van der Waals surface area contributed by atoms with Crippen molar-refractivity contribution in [3.8, 4) is 0 Å². The average Bonchev–Trinajstić information content (AvgIpc) is 2.58. The Kier molecular flexibility index (Phi) is 4.60. The van der Waals surface area contributed by atoms with Gasteiger partial charge in [0.1, 0.15) is 5.82 Å². The number of pyridine rings is 1. The molecule has 1 aromatic heterocycles. The van der Waals surface area contributed by atoms with Gasteiger partial charge in [-0.05, 0) is 48.6 Å². The van der Waals surface area contributed by atoms with E-state index in [1.165, 1.54) is 6.07 Å². The minimum atomic E-state index is -0.488. The van der Waals surface area contributed by atoms with Crippen LogP contribution in [-0.2, 0) is 0 Å². The van der Waals surface area contributed by atoms with Crippen LogP contribution in [0.15, 0.2) is 42.7 Å². The Hall–Kier alpha value is -1.65.